The molecule has 13 nitrogen and oxygen atoms in total. The van der Waals surface area contributed by atoms with Crippen molar-refractivity contribution >= 4 is 35.6 Å². The van der Waals surface area contributed by atoms with Crippen molar-refractivity contribution in [1.82, 2.24) is 31.5 Å². The number of urea groups is 2. The van der Waals surface area contributed by atoms with E-state index < -0.39 is 59.1 Å². The van der Waals surface area contributed by atoms with E-state index in [1.54, 1.807) is 0 Å². The Labute approximate surface area is 268 Å². The van der Waals surface area contributed by atoms with Gasteiger partial charge in [-0.15, -0.1) is 0 Å². The predicted molar refractivity (Wildman–Crippen MR) is 172 cm³/mol. The first-order valence-electron chi connectivity index (χ1n) is 16.4. The molecule has 0 aromatic carbocycles. The van der Waals surface area contributed by atoms with Gasteiger partial charge < -0.3 is 37.2 Å². The molecular weight excluding hydrogens is 578 g/mol. The average Bonchev–Trinajstić information content (AvgIpc) is 3.34. The lowest BCUT2D eigenvalue weighted by molar-refractivity contribution is -0.144. The highest BCUT2D eigenvalue weighted by Crippen LogP contribution is 2.34. The summed E-state index contributed by atoms with van der Waals surface area (Å²) in [5.41, 5.74) is 4.60. The van der Waals surface area contributed by atoms with Crippen LogP contribution in [0.25, 0.3) is 0 Å². The molecule has 0 radical (unpaired) electrons. The van der Waals surface area contributed by atoms with Gasteiger partial charge in [-0.3, -0.25) is 19.2 Å². The molecule has 7 N–H and O–H groups in total. The summed E-state index contributed by atoms with van der Waals surface area (Å²) in [5, 5.41) is 14.0. The number of nitrogens with two attached hydrogens (primary N) is 1. The number of ketones is 1. The molecule has 0 aromatic heterocycles. The minimum Gasteiger partial charge on any atom is -0.363 e. The topological polar surface area (TPSA) is 192 Å². The molecule has 1 saturated carbocycles. The number of rotatable bonds is 14. The minimum absolute atomic E-state index is 0.0201. The number of amides is 7. The van der Waals surface area contributed by atoms with E-state index in [4.69, 9.17) is 5.73 Å². The number of nitrogens with one attached hydrogen (secondary N) is 5. The fraction of sp³-hybridized carbons (Fsp3) is 0.812. The van der Waals surface area contributed by atoms with E-state index in [-0.39, 0.29) is 42.3 Å². The summed E-state index contributed by atoms with van der Waals surface area (Å²) < 4.78 is 0. The lowest BCUT2D eigenvalue weighted by atomic mass is 9.80. The van der Waals surface area contributed by atoms with Crippen molar-refractivity contribution in [3.05, 3.63) is 0 Å². The Balaban J connectivity index is 2.25. The van der Waals surface area contributed by atoms with Gasteiger partial charge in [-0.05, 0) is 55.8 Å². The molecule has 45 heavy (non-hydrogen) atoms. The molecule has 256 valence electrons. The summed E-state index contributed by atoms with van der Waals surface area (Å²) in [6.07, 6.45) is 3.77. The molecule has 1 unspecified atom stereocenters. The molecule has 2 aliphatic rings. The van der Waals surface area contributed by atoms with Gasteiger partial charge in [0.25, 0.3) is 5.91 Å². The van der Waals surface area contributed by atoms with E-state index in [2.05, 4.69) is 26.6 Å². The van der Waals surface area contributed by atoms with Crippen molar-refractivity contribution in [3.63, 3.8) is 0 Å². The van der Waals surface area contributed by atoms with Crippen molar-refractivity contribution in [1.29, 1.82) is 0 Å². The van der Waals surface area contributed by atoms with E-state index in [9.17, 15) is 28.8 Å². The summed E-state index contributed by atoms with van der Waals surface area (Å²) in [6.45, 7) is 17.5. The molecule has 0 spiro atoms. The molecule has 0 bridgehead atoms. The normalized spacial score (nSPS) is 20.7. The van der Waals surface area contributed by atoms with Crippen LogP contribution in [-0.4, -0.2) is 83.8 Å². The number of hydrogen-bond donors (Lipinski definition) is 6. The van der Waals surface area contributed by atoms with E-state index in [0.717, 1.165) is 19.3 Å². The SMILES string of the molecule is CC(C)NC(=O)NC[C@@H](NC(=O)N[C@H](C(=O)N1CC[C@H](C(C)C)[C@H]1C(=O)NC(CC1CCC1)C(=O)C(N)=O)C(C)(C)C)C(C)C. The first-order valence-corrected chi connectivity index (χ1v) is 16.4. The summed E-state index contributed by atoms with van der Waals surface area (Å²) in [4.78, 5) is 79.4. The van der Waals surface area contributed by atoms with Crippen LogP contribution in [0.4, 0.5) is 9.59 Å². The predicted octanol–water partition coefficient (Wildman–Crippen LogP) is 2.04. The molecule has 5 atom stereocenters. The van der Waals surface area contributed by atoms with Crippen molar-refractivity contribution in [2.75, 3.05) is 13.1 Å². The van der Waals surface area contributed by atoms with Crippen molar-refractivity contribution in [2.45, 2.75) is 125 Å². The molecule has 1 aliphatic heterocycles. The maximum absolute atomic E-state index is 14.2. The molecular formula is C32H57N7O6. The Morgan fingerprint density at radius 3 is 1.93 bits per heavy atom. The second-order valence-electron chi connectivity index (χ2n) is 14.8. The maximum Gasteiger partial charge on any atom is 0.315 e. The first kappa shape index (κ1) is 37.8. The number of hydrogen-bond acceptors (Lipinski definition) is 6. The quantitative estimate of drug-likeness (QED) is 0.158. The summed E-state index contributed by atoms with van der Waals surface area (Å²) in [7, 11) is 0. The van der Waals surface area contributed by atoms with Crippen LogP contribution in [0.5, 0.6) is 0 Å². The molecule has 1 aliphatic carbocycles. The highest BCUT2D eigenvalue weighted by molar-refractivity contribution is 6.37. The van der Waals surface area contributed by atoms with Crippen LogP contribution in [-0.2, 0) is 19.2 Å². The van der Waals surface area contributed by atoms with Crippen LogP contribution in [0, 0.1) is 29.1 Å². The van der Waals surface area contributed by atoms with Crippen LogP contribution in [0.3, 0.4) is 0 Å². The maximum atomic E-state index is 14.2. The first-order chi connectivity index (χ1) is 20.8. The molecule has 2 fully saturated rings. The van der Waals surface area contributed by atoms with Gasteiger partial charge in [0.1, 0.15) is 12.1 Å². The fourth-order valence-corrected chi connectivity index (χ4v) is 5.94. The molecule has 1 heterocycles. The molecule has 2 rings (SSSR count). The van der Waals surface area contributed by atoms with Gasteiger partial charge in [0.15, 0.2) is 0 Å². The highest BCUT2D eigenvalue weighted by atomic mass is 16.2. The molecule has 7 amide bonds. The monoisotopic (exact) mass is 635 g/mol. The third-order valence-corrected chi connectivity index (χ3v) is 8.93. The van der Waals surface area contributed by atoms with E-state index in [1.165, 1.54) is 4.90 Å². The standard InChI is InChI=1S/C32H57N7O6/c1-17(2)21-13-14-39(24(21)28(42)36-22(25(40)27(33)41)15-20-11-10-12-20)29(43)26(32(7,8)9)38-31(45)37-23(18(3)4)16-34-30(44)35-19(5)6/h17-24,26H,10-16H2,1-9H3,(H2,33,41)(H,36,42)(H2,34,35,44)(H2,37,38,45)/t21-,22?,23-,24+,26-/m1/s1. The van der Waals surface area contributed by atoms with Gasteiger partial charge in [-0.2, -0.15) is 0 Å². The summed E-state index contributed by atoms with van der Waals surface area (Å²) in [6, 6.07) is -4.28. The number of carbonyl (C=O) groups is 6. The highest BCUT2D eigenvalue weighted by Gasteiger charge is 2.48. The van der Waals surface area contributed by atoms with Gasteiger partial charge in [0, 0.05) is 19.1 Å². The van der Waals surface area contributed by atoms with Crippen LogP contribution < -0.4 is 32.3 Å². The number of likely N-dealkylation sites (tertiary alicyclic amines) is 1. The molecule has 13 heteroatoms. The van der Waals surface area contributed by atoms with Crippen molar-refractivity contribution in [3.8, 4) is 0 Å². The third kappa shape index (κ3) is 10.9. The average molecular weight is 636 g/mol. The smallest absolute Gasteiger partial charge is 0.315 e. The number of nitrogens with zero attached hydrogens (tertiary/aromatic N) is 1. The Kier molecular flexibility index (Phi) is 13.7. The number of Topliss-reactive ketones (excluding diaryl/α,β-unsaturated/α-hetero) is 1. The second-order valence-corrected chi connectivity index (χ2v) is 14.8. The summed E-state index contributed by atoms with van der Waals surface area (Å²) >= 11 is 0. The van der Waals surface area contributed by atoms with Crippen molar-refractivity contribution in [2.24, 2.45) is 34.8 Å². The van der Waals surface area contributed by atoms with Gasteiger partial charge in [-0.25, -0.2) is 9.59 Å². The second kappa shape index (κ2) is 16.3. The largest absolute Gasteiger partial charge is 0.363 e. The fourth-order valence-electron chi connectivity index (χ4n) is 5.94. The van der Waals surface area contributed by atoms with E-state index in [0.29, 0.717) is 19.4 Å². The van der Waals surface area contributed by atoms with Crippen molar-refractivity contribution < 1.29 is 28.8 Å². The van der Waals surface area contributed by atoms with Gasteiger partial charge in [-0.1, -0.05) is 67.7 Å². The lowest BCUT2D eigenvalue weighted by Crippen LogP contribution is -2.62. The molecule has 0 aromatic rings. The van der Waals surface area contributed by atoms with E-state index >= 15 is 0 Å². The van der Waals surface area contributed by atoms with Gasteiger partial charge >= 0.3 is 12.1 Å². The Morgan fingerprint density at radius 1 is 0.844 bits per heavy atom. The van der Waals surface area contributed by atoms with Crippen LogP contribution in [0.15, 0.2) is 0 Å². The Hall–Kier alpha value is -3.38. The zero-order chi connectivity index (χ0) is 34.2. The van der Waals surface area contributed by atoms with Crippen LogP contribution >= 0.6 is 0 Å². The molecule has 1 saturated heterocycles. The minimum atomic E-state index is -1.10. The number of carbonyl (C=O) groups excluding carboxylic acids is 6. The van der Waals surface area contributed by atoms with Crippen LogP contribution in [0.2, 0.25) is 0 Å². The Morgan fingerprint density at radius 2 is 1.47 bits per heavy atom. The summed E-state index contributed by atoms with van der Waals surface area (Å²) in [5.74, 6) is -2.78. The zero-order valence-corrected chi connectivity index (χ0v) is 28.6. The Bertz CT molecular complexity index is 1080. The van der Waals surface area contributed by atoms with E-state index in [1.807, 2.05) is 62.3 Å². The lowest BCUT2D eigenvalue weighted by Gasteiger charge is -2.37. The van der Waals surface area contributed by atoms with Gasteiger partial charge in [0.05, 0.1) is 12.1 Å². The number of primary amides is 1. The third-order valence-electron chi connectivity index (χ3n) is 8.93. The van der Waals surface area contributed by atoms with Gasteiger partial charge in [0.2, 0.25) is 17.6 Å². The zero-order valence-electron chi connectivity index (χ0n) is 28.6. The van der Waals surface area contributed by atoms with Crippen LogP contribution in [0.1, 0.15) is 94.4 Å².